The molecule has 0 atom stereocenters. The molecular weight excluding hydrogens is 288 g/mol. The number of aryl methyl sites for hydroxylation is 2. The van der Waals surface area contributed by atoms with E-state index in [-0.39, 0.29) is 11.7 Å². The zero-order valence-corrected chi connectivity index (χ0v) is 13.8. The normalized spacial score (nSPS) is 10.2. The van der Waals surface area contributed by atoms with E-state index in [1.54, 1.807) is 19.1 Å². The molecule has 0 aliphatic heterocycles. The Morgan fingerprint density at radius 2 is 1.57 bits per heavy atom. The first kappa shape index (κ1) is 16.7. The highest BCUT2D eigenvalue weighted by molar-refractivity contribution is 5.94. The van der Waals surface area contributed by atoms with Crippen LogP contribution in [-0.2, 0) is 4.79 Å². The maximum Gasteiger partial charge on any atom is 0.226 e. The Morgan fingerprint density at radius 1 is 0.913 bits per heavy atom. The van der Waals surface area contributed by atoms with Crippen molar-refractivity contribution in [2.24, 2.45) is 0 Å². The number of ketones is 1. The Balaban J connectivity index is 1.80. The molecule has 0 saturated carbocycles. The lowest BCUT2D eigenvalue weighted by molar-refractivity contribution is -0.115. The van der Waals surface area contributed by atoms with Crippen LogP contribution in [0.15, 0.2) is 42.5 Å². The number of anilines is 2. The van der Waals surface area contributed by atoms with Gasteiger partial charge in [-0.15, -0.1) is 0 Å². The molecule has 0 aliphatic carbocycles. The molecule has 2 aromatic rings. The zero-order valence-electron chi connectivity index (χ0n) is 13.8. The molecule has 1 amide bonds. The monoisotopic (exact) mass is 310 g/mol. The molecule has 2 rings (SSSR count). The topological polar surface area (TPSA) is 58.2 Å². The van der Waals surface area contributed by atoms with Gasteiger partial charge in [-0.3, -0.25) is 9.59 Å². The van der Waals surface area contributed by atoms with Crippen LogP contribution in [0.4, 0.5) is 11.4 Å². The molecule has 0 heterocycles. The van der Waals surface area contributed by atoms with Crippen molar-refractivity contribution in [2.45, 2.75) is 27.2 Å². The van der Waals surface area contributed by atoms with E-state index >= 15 is 0 Å². The summed E-state index contributed by atoms with van der Waals surface area (Å²) >= 11 is 0. The Labute approximate surface area is 136 Å². The molecule has 0 saturated heterocycles. The van der Waals surface area contributed by atoms with Gasteiger partial charge in [0.25, 0.3) is 0 Å². The van der Waals surface area contributed by atoms with Crippen molar-refractivity contribution in [3.8, 4) is 0 Å². The molecule has 2 aromatic carbocycles. The number of hydrogen-bond donors (Lipinski definition) is 2. The summed E-state index contributed by atoms with van der Waals surface area (Å²) in [7, 11) is 0. The summed E-state index contributed by atoms with van der Waals surface area (Å²) in [5, 5.41) is 6.07. The van der Waals surface area contributed by atoms with Crippen molar-refractivity contribution < 1.29 is 9.59 Å². The van der Waals surface area contributed by atoms with E-state index in [2.05, 4.69) is 10.6 Å². The van der Waals surface area contributed by atoms with E-state index < -0.39 is 0 Å². The molecule has 0 fully saturated rings. The molecule has 4 heteroatoms. The number of carbonyl (C=O) groups is 2. The average molecular weight is 310 g/mol. The van der Waals surface area contributed by atoms with Crippen LogP contribution in [0.25, 0.3) is 0 Å². The van der Waals surface area contributed by atoms with E-state index in [9.17, 15) is 9.59 Å². The van der Waals surface area contributed by atoms with E-state index in [1.807, 2.05) is 44.2 Å². The Kier molecular flexibility index (Phi) is 5.52. The van der Waals surface area contributed by atoms with Crippen LogP contribution in [-0.4, -0.2) is 18.2 Å². The first-order valence-electron chi connectivity index (χ1n) is 7.67. The first-order chi connectivity index (χ1) is 11.0. The quantitative estimate of drug-likeness (QED) is 0.794. The molecule has 120 valence electrons. The van der Waals surface area contributed by atoms with Crippen molar-refractivity contribution in [2.75, 3.05) is 17.2 Å². The van der Waals surface area contributed by atoms with Crippen LogP contribution < -0.4 is 10.6 Å². The molecule has 0 bridgehead atoms. The molecule has 4 nitrogen and oxygen atoms in total. The average Bonchev–Trinajstić information content (AvgIpc) is 2.51. The van der Waals surface area contributed by atoms with Crippen molar-refractivity contribution in [1.29, 1.82) is 0 Å². The fourth-order valence-corrected chi connectivity index (χ4v) is 2.19. The van der Waals surface area contributed by atoms with Crippen LogP contribution in [0.2, 0.25) is 0 Å². The van der Waals surface area contributed by atoms with E-state index in [4.69, 9.17) is 0 Å². The summed E-state index contributed by atoms with van der Waals surface area (Å²) in [4.78, 5) is 23.2. The summed E-state index contributed by atoms with van der Waals surface area (Å²) < 4.78 is 0. The Bertz CT molecular complexity index is 706. The van der Waals surface area contributed by atoms with Gasteiger partial charge in [-0.1, -0.05) is 6.07 Å². The highest BCUT2D eigenvalue weighted by atomic mass is 16.1. The minimum atomic E-state index is -0.0268. The molecule has 0 unspecified atom stereocenters. The van der Waals surface area contributed by atoms with Crippen molar-refractivity contribution >= 4 is 23.1 Å². The largest absolute Gasteiger partial charge is 0.385 e. The second kappa shape index (κ2) is 7.58. The SMILES string of the molecule is CC(=O)c1ccc(NCCC(=O)Nc2ccc(C)c(C)c2)cc1. The zero-order chi connectivity index (χ0) is 16.8. The van der Waals surface area contributed by atoms with Crippen LogP contribution in [0.3, 0.4) is 0 Å². The van der Waals surface area contributed by atoms with Crippen molar-refractivity contribution in [3.05, 3.63) is 59.2 Å². The number of hydrogen-bond acceptors (Lipinski definition) is 3. The standard InChI is InChI=1S/C19H22N2O2/c1-13-4-7-18(12-14(13)2)21-19(23)10-11-20-17-8-5-16(6-9-17)15(3)22/h4-9,12,20H,10-11H2,1-3H3,(H,21,23). The van der Waals surface area contributed by atoms with Gasteiger partial charge in [0.2, 0.25) is 5.91 Å². The summed E-state index contributed by atoms with van der Waals surface area (Å²) in [6.45, 7) is 6.15. The maximum atomic E-state index is 11.9. The lowest BCUT2D eigenvalue weighted by Gasteiger charge is -2.09. The number of carbonyl (C=O) groups excluding carboxylic acids is 2. The predicted octanol–water partition coefficient (Wildman–Crippen LogP) is 3.95. The number of Topliss-reactive ketones (excluding diaryl/α,β-unsaturated/α-hetero) is 1. The van der Waals surface area contributed by atoms with Crippen molar-refractivity contribution in [3.63, 3.8) is 0 Å². The van der Waals surface area contributed by atoms with Gasteiger partial charge >= 0.3 is 0 Å². The highest BCUT2D eigenvalue weighted by Crippen LogP contribution is 2.14. The van der Waals surface area contributed by atoms with Gasteiger partial charge in [-0.25, -0.2) is 0 Å². The van der Waals surface area contributed by atoms with Gasteiger partial charge in [-0.2, -0.15) is 0 Å². The smallest absolute Gasteiger partial charge is 0.226 e. The van der Waals surface area contributed by atoms with E-state index in [0.717, 1.165) is 16.9 Å². The van der Waals surface area contributed by atoms with Gasteiger partial charge in [0, 0.05) is 29.9 Å². The minimum absolute atomic E-state index is 0.0268. The molecule has 0 spiro atoms. The minimum Gasteiger partial charge on any atom is -0.385 e. The lowest BCUT2D eigenvalue weighted by atomic mass is 10.1. The van der Waals surface area contributed by atoms with Crippen LogP contribution in [0, 0.1) is 13.8 Å². The lowest BCUT2D eigenvalue weighted by Crippen LogP contribution is -2.16. The summed E-state index contributed by atoms with van der Waals surface area (Å²) in [5.41, 5.74) is 4.77. The van der Waals surface area contributed by atoms with Crippen LogP contribution in [0.1, 0.15) is 34.8 Å². The highest BCUT2D eigenvalue weighted by Gasteiger charge is 2.04. The van der Waals surface area contributed by atoms with Gasteiger partial charge < -0.3 is 10.6 Å². The third-order valence-corrected chi connectivity index (χ3v) is 3.76. The molecule has 0 aliphatic rings. The molecular formula is C19H22N2O2. The third-order valence-electron chi connectivity index (χ3n) is 3.76. The van der Waals surface area contributed by atoms with Crippen LogP contribution in [0.5, 0.6) is 0 Å². The van der Waals surface area contributed by atoms with Gasteiger partial charge in [-0.05, 0) is 68.3 Å². The number of benzene rings is 2. The molecule has 0 radical (unpaired) electrons. The van der Waals surface area contributed by atoms with Gasteiger partial charge in [0.1, 0.15) is 0 Å². The summed E-state index contributed by atoms with van der Waals surface area (Å²) in [6, 6.07) is 13.1. The summed E-state index contributed by atoms with van der Waals surface area (Å²) in [5.74, 6) is 0.0189. The van der Waals surface area contributed by atoms with Gasteiger partial charge in [0.15, 0.2) is 5.78 Å². The van der Waals surface area contributed by atoms with Crippen LogP contribution >= 0.6 is 0 Å². The fourth-order valence-electron chi connectivity index (χ4n) is 2.19. The van der Waals surface area contributed by atoms with E-state index in [1.165, 1.54) is 5.56 Å². The Hall–Kier alpha value is -2.62. The number of rotatable bonds is 6. The predicted molar refractivity (Wildman–Crippen MR) is 94.1 cm³/mol. The second-order valence-electron chi connectivity index (χ2n) is 5.66. The molecule has 0 aromatic heterocycles. The fraction of sp³-hybridized carbons (Fsp3) is 0.263. The Morgan fingerprint density at radius 3 is 2.17 bits per heavy atom. The molecule has 2 N–H and O–H groups in total. The first-order valence-corrected chi connectivity index (χ1v) is 7.67. The van der Waals surface area contributed by atoms with Crippen molar-refractivity contribution in [1.82, 2.24) is 0 Å². The summed E-state index contributed by atoms with van der Waals surface area (Å²) in [6.07, 6.45) is 0.376. The maximum absolute atomic E-state index is 11.9. The second-order valence-corrected chi connectivity index (χ2v) is 5.66. The molecule has 23 heavy (non-hydrogen) atoms. The third kappa shape index (κ3) is 4.95. The number of amides is 1. The van der Waals surface area contributed by atoms with E-state index in [0.29, 0.717) is 18.5 Å². The number of nitrogens with one attached hydrogen (secondary N) is 2. The van der Waals surface area contributed by atoms with Gasteiger partial charge in [0.05, 0.1) is 0 Å².